The summed E-state index contributed by atoms with van der Waals surface area (Å²) in [6.07, 6.45) is 0. The van der Waals surface area contributed by atoms with Crippen molar-refractivity contribution in [1.29, 1.82) is 0 Å². The van der Waals surface area contributed by atoms with Crippen molar-refractivity contribution in [3.05, 3.63) is 35.3 Å². The second-order valence-electron chi connectivity index (χ2n) is 3.47. The Kier molecular flexibility index (Phi) is 3.03. The summed E-state index contributed by atoms with van der Waals surface area (Å²) in [6, 6.07) is 6.00. The van der Waals surface area contributed by atoms with Crippen LogP contribution in [0.1, 0.15) is 5.69 Å². The predicted molar refractivity (Wildman–Crippen MR) is 68.5 cm³/mol. The number of benzene rings is 1. The molecule has 5 nitrogen and oxygen atoms in total. The van der Waals surface area contributed by atoms with Gasteiger partial charge in [0.15, 0.2) is 5.13 Å². The van der Waals surface area contributed by atoms with Crippen LogP contribution in [0.3, 0.4) is 0 Å². The highest BCUT2D eigenvalue weighted by Crippen LogP contribution is 2.20. The summed E-state index contributed by atoms with van der Waals surface area (Å²) in [4.78, 5) is 4.21. The molecule has 0 aliphatic rings. The first-order valence-electron chi connectivity index (χ1n) is 4.78. The highest BCUT2D eigenvalue weighted by Gasteiger charge is 2.15. The summed E-state index contributed by atoms with van der Waals surface area (Å²) in [5.74, 6) is 0. The van der Waals surface area contributed by atoms with Gasteiger partial charge in [0.2, 0.25) is 0 Å². The SMILES string of the molecule is Cc1csc(NS(=O)(=O)c2ccc(N)cc2)n1. The number of nitrogens with zero attached hydrogens (tertiary/aromatic N) is 1. The summed E-state index contributed by atoms with van der Waals surface area (Å²) >= 11 is 1.25. The molecule has 0 saturated heterocycles. The number of sulfonamides is 1. The Labute approximate surface area is 103 Å². The third-order valence-corrected chi connectivity index (χ3v) is 4.39. The topological polar surface area (TPSA) is 85.1 Å². The lowest BCUT2D eigenvalue weighted by Crippen LogP contribution is -2.12. The fraction of sp³-hybridized carbons (Fsp3) is 0.100. The standard InChI is InChI=1S/C10H11N3O2S2/c1-7-6-16-10(12-7)13-17(14,15)9-4-2-8(11)3-5-9/h2-6H,11H2,1H3,(H,12,13). The van der Waals surface area contributed by atoms with Crippen molar-refractivity contribution in [1.82, 2.24) is 4.98 Å². The molecule has 0 spiro atoms. The normalized spacial score (nSPS) is 11.4. The molecular weight excluding hydrogens is 258 g/mol. The summed E-state index contributed by atoms with van der Waals surface area (Å²) < 4.78 is 26.3. The van der Waals surface area contributed by atoms with Gasteiger partial charge in [0.1, 0.15) is 0 Å². The van der Waals surface area contributed by atoms with E-state index >= 15 is 0 Å². The van der Waals surface area contributed by atoms with Crippen LogP contribution in [0, 0.1) is 6.92 Å². The van der Waals surface area contributed by atoms with Crippen LogP contribution < -0.4 is 10.5 Å². The lowest BCUT2D eigenvalue weighted by atomic mass is 10.3. The van der Waals surface area contributed by atoms with E-state index < -0.39 is 10.0 Å². The van der Waals surface area contributed by atoms with E-state index in [4.69, 9.17) is 5.73 Å². The molecule has 0 fully saturated rings. The Morgan fingerprint density at radius 2 is 1.94 bits per heavy atom. The van der Waals surface area contributed by atoms with Crippen LogP contribution in [0.5, 0.6) is 0 Å². The van der Waals surface area contributed by atoms with Crippen LogP contribution in [-0.4, -0.2) is 13.4 Å². The largest absolute Gasteiger partial charge is 0.399 e. The van der Waals surface area contributed by atoms with Gasteiger partial charge in [-0.2, -0.15) is 0 Å². The van der Waals surface area contributed by atoms with Gasteiger partial charge in [0, 0.05) is 11.1 Å². The third kappa shape index (κ3) is 2.75. The molecule has 1 aromatic carbocycles. The number of nitrogens with two attached hydrogens (primary N) is 1. The highest BCUT2D eigenvalue weighted by molar-refractivity contribution is 7.93. The van der Waals surface area contributed by atoms with E-state index in [1.807, 2.05) is 0 Å². The molecule has 0 saturated carbocycles. The third-order valence-electron chi connectivity index (χ3n) is 2.03. The number of anilines is 2. The Balaban J connectivity index is 2.28. The summed E-state index contributed by atoms with van der Waals surface area (Å²) in [6.45, 7) is 1.80. The van der Waals surface area contributed by atoms with Crippen LogP contribution >= 0.6 is 11.3 Å². The van der Waals surface area contributed by atoms with E-state index in [9.17, 15) is 8.42 Å². The summed E-state index contributed by atoms with van der Waals surface area (Å²) in [5.41, 5.74) is 6.81. The van der Waals surface area contributed by atoms with Crippen LogP contribution in [0.2, 0.25) is 0 Å². The Hall–Kier alpha value is -1.60. The van der Waals surface area contributed by atoms with E-state index in [-0.39, 0.29) is 4.90 Å². The van der Waals surface area contributed by atoms with Crippen molar-refractivity contribution in [2.45, 2.75) is 11.8 Å². The maximum absolute atomic E-state index is 11.9. The molecule has 2 rings (SSSR count). The first-order valence-corrected chi connectivity index (χ1v) is 7.14. The van der Waals surface area contributed by atoms with Crippen molar-refractivity contribution in [2.24, 2.45) is 0 Å². The molecule has 1 aromatic heterocycles. The van der Waals surface area contributed by atoms with E-state index in [1.54, 1.807) is 24.4 Å². The number of nitrogen functional groups attached to an aromatic ring is 1. The Morgan fingerprint density at radius 1 is 1.29 bits per heavy atom. The molecule has 0 bridgehead atoms. The number of thiazole rings is 1. The number of hydrogen-bond donors (Lipinski definition) is 2. The van der Waals surface area contributed by atoms with Gasteiger partial charge >= 0.3 is 0 Å². The minimum Gasteiger partial charge on any atom is -0.399 e. The number of nitrogens with one attached hydrogen (secondary N) is 1. The zero-order valence-electron chi connectivity index (χ0n) is 9.04. The second-order valence-corrected chi connectivity index (χ2v) is 6.01. The molecule has 2 aromatic rings. The summed E-state index contributed by atoms with van der Waals surface area (Å²) in [5, 5.41) is 2.14. The molecule has 0 aliphatic carbocycles. The predicted octanol–water partition coefficient (Wildman–Crippen LogP) is 1.83. The summed E-state index contributed by atoms with van der Waals surface area (Å²) in [7, 11) is -3.57. The number of aromatic nitrogens is 1. The van der Waals surface area contributed by atoms with Crippen molar-refractivity contribution in [3.63, 3.8) is 0 Å². The highest BCUT2D eigenvalue weighted by atomic mass is 32.2. The van der Waals surface area contributed by atoms with Crippen LogP contribution in [-0.2, 0) is 10.0 Å². The average Bonchev–Trinajstić information content (AvgIpc) is 2.63. The van der Waals surface area contributed by atoms with Crippen molar-refractivity contribution >= 4 is 32.2 Å². The first kappa shape index (κ1) is 11.9. The maximum Gasteiger partial charge on any atom is 0.263 e. The van der Waals surface area contributed by atoms with Crippen LogP contribution in [0.4, 0.5) is 10.8 Å². The smallest absolute Gasteiger partial charge is 0.263 e. The molecule has 0 radical (unpaired) electrons. The van der Waals surface area contributed by atoms with Crippen LogP contribution in [0.25, 0.3) is 0 Å². The fourth-order valence-electron chi connectivity index (χ4n) is 1.22. The van der Waals surface area contributed by atoms with Gasteiger partial charge in [-0.25, -0.2) is 13.4 Å². The van der Waals surface area contributed by atoms with Crippen molar-refractivity contribution in [3.8, 4) is 0 Å². The van der Waals surface area contributed by atoms with Crippen LogP contribution in [0.15, 0.2) is 34.5 Å². The molecule has 7 heteroatoms. The fourth-order valence-corrected chi connectivity index (χ4v) is 3.16. The molecule has 3 N–H and O–H groups in total. The number of rotatable bonds is 3. The minimum absolute atomic E-state index is 0.166. The van der Waals surface area contributed by atoms with Gasteiger partial charge in [0.05, 0.1) is 10.6 Å². The number of aryl methyl sites for hydroxylation is 1. The zero-order valence-corrected chi connectivity index (χ0v) is 10.7. The van der Waals surface area contributed by atoms with Gasteiger partial charge in [-0.3, -0.25) is 4.72 Å². The molecular formula is C10H11N3O2S2. The molecule has 0 amide bonds. The van der Waals surface area contributed by atoms with Gasteiger partial charge in [-0.15, -0.1) is 11.3 Å². The first-order chi connectivity index (χ1) is 7.97. The zero-order chi connectivity index (χ0) is 12.5. The lowest BCUT2D eigenvalue weighted by molar-refractivity contribution is 0.601. The molecule has 0 unspecified atom stereocenters. The van der Waals surface area contributed by atoms with E-state index in [0.29, 0.717) is 10.8 Å². The van der Waals surface area contributed by atoms with Gasteiger partial charge in [0.25, 0.3) is 10.0 Å². The van der Waals surface area contributed by atoms with Crippen molar-refractivity contribution in [2.75, 3.05) is 10.5 Å². The monoisotopic (exact) mass is 269 g/mol. The molecule has 0 aliphatic heterocycles. The maximum atomic E-state index is 11.9. The quantitative estimate of drug-likeness (QED) is 0.832. The van der Waals surface area contributed by atoms with E-state index in [2.05, 4.69) is 9.71 Å². The van der Waals surface area contributed by atoms with Crippen molar-refractivity contribution < 1.29 is 8.42 Å². The van der Waals surface area contributed by atoms with E-state index in [1.165, 1.54) is 23.5 Å². The van der Waals surface area contributed by atoms with Gasteiger partial charge in [-0.05, 0) is 31.2 Å². The lowest BCUT2D eigenvalue weighted by Gasteiger charge is -2.04. The van der Waals surface area contributed by atoms with Gasteiger partial charge < -0.3 is 5.73 Å². The molecule has 17 heavy (non-hydrogen) atoms. The molecule has 90 valence electrons. The average molecular weight is 269 g/mol. The number of hydrogen-bond acceptors (Lipinski definition) is 5. The van der Waals surface area contributed by atoms with E-state index in [0.717, 1.165) is 5.69 Å². The Morgan fingerprint density at radius 3 is 2.47 bits per heavy atom. The minimum atomic E-state index is -3.57. The second kappa shape index (κ2) is 4.34. The van der Waals surface area contributed by atoms with Gasteiger partial charge in [-0.1, -0.05) is 0 Å². The Bertz CT molecular complexity index is 617. The molecule has 1 heterocycles. The molecule has 0 atom stereocenters.